The summed E-state index contributed by atoms with van der Waals surface area (Å²) in [5.74, 6) is 0.0576. The Balaban J connectivity index is 2.48. The second kappa shape index (κ2) is 5.44. The Hall–Kier alpha value is -2.17. The molecule has 0 aliphatic heterocycles. The highest BCUT2D eigenvalue weighted by atomic mass is 16.5. The Labute approximate surface area is 105 Å². The highest BCUT2D eigenvalue weighted by Gasteiger charge is 2.23. The van der Waals surface area contributed by atoms with Crippen LogP contribution in [0, 0.1) is 0 Å². The lowest BCUT2D eigenvalue weighted by atomic mass is 10.1. The molecule has 0 N–H and O–H groups in total. The van der Waals surface area contributed by atoms with Gasteiger partial charge in [-0.3, -0.25) is 4.98 Å². The number of ether oxygens (including phenoxy) is 1. The summed E-state index contributed by atoms with van der Waals surface area (Å²) in [7, 11) is 1.33. The van der Waals surface area contributed by atoms with E-state index in [0.29, 0.717) is 17.9 Å². The summed E-state index contributed by atoms with van der Waals surface area (Å²) in [6.07, 6.45) is 3.25. The van der Waals surface area contributed by atoms with Gasteiger partial charge in [0.2, 0.25) is 0 Å². The van der Waals surface area contributed by atoms with Crippen LogP contribution in [0.1, 0.15) is 29.4 Å². The molecule has 94 valence electrons. The third-order valence-electron chi connectivity index (χ3n) is 2.56. The molecule has 0 bridgehead atoms. The molecule has 0 unspecified atom stereocenters. The number of methoxy groups -OCH3 is 1. The van der Waals surface area contributed by atoms with Gasteiger partial charge in [-0.25, -0.2) is 4.79 Å². The maximum atomic E-state index is 11.6. The molecule has 0 spiro atoms. The lowest BCUT2D eigenvalue weighted by Crippen LogP contribution is -2.05. The number of carbonyl (C=O) groups excluding carboxylic acids is 1. The molecule has 2 aromatic rings. The number of pyridine rings is 1. The minimum atomic E-state index is -0.482. The van der Waals surface area contributed by atoms with E-state index < -0.39 is 5.97 Å². The first-order valence-electron chi connectivity index (χ1n) is 5.76. The summed E-state index contributed by atoms with van der Waals surface area (Å²) in [6, 6.07) is 5.50. The van der Waals surface area contributed by atoms with Crippen LogP contribution >= 0.6 is 0 Å². The summed E-state index contributed by atoms with van der Waals surface area (Å²) in [4.78, 5) is 15.8. The molecule has 0 saturated carbocycles. The van der Waals surface area contributed by atoms with E-state index in [0.717, 1.165) is 12.0 Å². The molecule has 0 saturated heterocycles. The molecule has 5 nitrogen and oxygen atoms in total. The fourth-order valence-corrected chi connectivity index (χ4v) is 1.75. The molecule has 0 fully saturated rings. The summed E-state index contributed by atoms with van der Waals surface area (Å²) >= 11 is 0. The van der Waals surface area contributed by atoms with E-state index in [1.54, 1.807) is 6.20 Å². The van der Waals surface area contributed by atoms with Gasteiger partial charge in [0.15, 0.2) is 11.5 Å². The zero-order valence-corrected chi connectivity index (χ0v) is 10.3. The van der Waals surface area contributed by atoms with Crippen LogP contribution in [0.3, 0.4) is 0 Å². The largest absolute Gasteiger partial charge is 0.464 e. The van der Waals surface area contributed by atoms with Gasteiger partial charge < -0.3 is 9.26 Å². The number of carbonyl (C=O) groups is 1. The molecular formula is C13H14N2O3. The SMILES string of the molecule is CCCc1c(C(=O)OC)noc1-c1ccccn1. The van der Waals surface area contributed by atoms with Crippen LogP contribution in [0.4, 0.5) is 0 Å². The van der Waals surface area contributed by atoms with Gasteiger partial charge in [-0.2, -0.15) is 0 Å². The van der Waals surface area contributed by atoms with Crippen molar-refractivity contribution in [1.82, 2.24) is 10.1 Å². The summed E-state index contributed by atoms with van der Waals surface area (Å²) < 4.78 is 9.93. The van der Waals surface area contributed by atoms with Crippen LogP contribution in [0.15, 0.2) is 28.9 Å². The van der Waals surface area contributed by atoms with Crippen LogP contribution in [0.25, 0.3) is 11.5 Å². The fourth-order valence-electron chi connectivity index (χ4n) is 1.75. The van der Waals surface area contributed by atoms with E-state index in [1.807, 2.05) is 25.1 Å². The van der Waals surface area contributed by atoms with Crippen molar-refractivity contribution in [3.8, 4) is 11.5 Å². The lowest BCUT2D eigenvalue weighted by molar-refractivity contribution is 0.0588. The van der Waals surface area contributed by atoms with Crippen LogP contribution in [0.2, 0.25) is 0 Å². The molecule has 0 radical (unpaired) electrons. The average Bonchev–Trinajstić information content (AvgIpc) is 2.83. The van der Waals surface area contributed by atoms with Crippen molar-refractivity contribution in [1.29, 1.82) is 0 Å². The number of esters is 1. The summed E-state index contributed by atoms with van der Waals surface area (Å²) in [6.45, 7) is 2.02. The highest BCUT2D eigenvalue weighted by Crippen LogP contribution is 2.26. The summed E-state index contributed by atoms with van der Waals surface area (Å²) in [5, 5.41) is 3.79. The zero-order chi connectivity index (χ0) is 13.0. The monoisotopic (exact) mass is 246 g/mol. The van der Waals surface area contributed by atoms with Crippen molar-refractivity contribution >= 4 is 5.97 Å². The number of hydrogen-bond acceptors (Lipinski definition) is 5. The Kier molecular flexibility index (Phi) is 3.72. The minimum absolute atomic E-state index is 0.236. The highest BCUT2D eigenvalue weighted by molar-refractivity contribution is 5.90. The molecule has 2 rings (SSSR count). The molecule has 0 aliphatic rings. The first kappa shape index (κ1) is 12.3. The predicted molar refractivity (Wildman–Crippen MR) is 65.1 cm³/mol. The maximum Gasteiger partial charge on any atom is 0.360 e. The predicted octanol–water partition coefficient (Wildman–Crippen LogP) is 2.48. The van der Waals surface area contributed by atoms with Crippen LogP contribution in [-0.2, 0) is 11.2 Å². The molecule has 0 amide bonds. The van der Waals surface area contributed by atoms with Gasteiger partial charge >= 0.3 is 5.97 Å². The van der Waals surface area contributed by atoms with Crippen molar-refractivity contribution in [3.63, 3.8) is 0 Å². The topological polar surface area (TPSA) is 65.2 Å². The number of rotatable bonds is 4. The third-order valence-corrected chi connectivity index (χ3v) is 2.56. The third kappa shape index (κ3) is 2.25. The molecular weight excluding hydrogens is 232 g/mol. The Morgan fingerprint density at radius 2 is 2.28 bits per heavy atom. The van der Waals surface area contributed by atoms with Gasteiger partial charge in [0.1, 0.15) is 5.69 Å². The van der Waals surface area contributed by atoms with E-state index in [-0.39, 0.29) is 5.69 Å². The van der Waals surface area contributed by atoms with Gasteiger partial charge in [-0.05, 0) is 18.6 Å². The molecule has 0 aliphatic carbocycles. The molecule has 2 aromatic heterocycles. The zero-order valence-electron chi connectivity index (χ0n) is 10.3. The van der Waals surface area contributed by atoms with Crippen molar-refractivity contribution < 1.29 is 14.1 Å². The van der Waals surface area contributed by atoms with Gasteiger partial charge in [0, 0.05) is 11.8 Å². The molecule has 0 atom stereocenters. The average molecular weight is 246 g/mol. The van der Waals surface area contributed by atoms with Crippen molar-refractivity contribution in [2.75, 3.05) is 7.11 Å². The van der Waals surface area contributed by atoms with E-state index in [2.05, 4.69) is 10.1 Å². The van der Waals surface area contributed by atoms with Crippen LogP contribution in [0.5, 0.6) is 0 Å². The molecule has 5 heteroatoms. The van der Waals surface area contributed by atoms with Gasteiger partial charge in [0.25, 0.3) is 0 Å². The fraction of sp³-hybridized carbons (Fsp3) is 0.308. The number of nitrogens with zero attached hydrogens (tertiary/aromatic N) is 2. The van der Waals surface area contributed by atoms with Crippen molar-refractivity contribution in [2.24, 2.45) is 0 Å². The Morgan fingerprint density at radius 1 is 1.44 bits per heavy atom. The maximum absolute atomic E-state index is 11.6. The number of aromatic nitrogens is 2. The number of hydrogen-bond donors (Lipinski definition) is 0. The Morgan fingerprint density at radius 3 is 2.89 bits per heavy atom. The second-order valence-corrected chi connectivity index (χ2v) is 3.80. The van der Waals surface area contributed by atoms with Gasteiger partial charge in [-0.15, -0.1) is 0 Å². The van der Waals surface area contributed by atoms with E-state index in [4.69, 9.17) is 9.26 Å². The van der Waals surface area contributed by atoms with Crippen LogP contribution in [-0.4, -0.2) is 23.2 Å². The smallest absolute Gasteiger partial charge is 0.360 e. The van der Waals surface area contributed by atoms with E-state index in [9.17, 15) is 4.79 Å². The van der Waals surface area contributed by atoms with E-state index in [1.165, 1.54) is 7.11 Å². The van der Waals surface area contributed by atoms with Gasteiger partial charge in [0.05, 0.1) is 7.11 Å². The molecule has 18 heavy (non-hydrogen) atoms. The van der Waals surface area contributed by atoms with Crippen LogP contribution < -0.4 is 0 Å². The van der Waals surface area contributed by atoms with Crippen molar-refractivity contribution in [2.45, 2.75) is 19.8 Å². The molecule has 2 heterocycles. The summed E-state index contributed by atoms with van der Waals surface area (Å²) in [5.41, 5.74) is 1.66. The normalized spacial score (nSPS) is 10.3. The quantitative estimate of drug-likeness (QED) is 0.775. The second-order valence-electron chi connectivity index (χ2n) is 3.80. The van der Waals surface area contributed by atoms with Crippen molar-refractivity contribution in [3.05, 3.63) is 35.7 Å². The minimum Gasteiger partial charge on any atom is -0.464 e. The van der Waals surface area contributed by atoms with E-state index >= 15 is 0 Å². The molecule has 0 aromatic carbocycles. The van der Waals surface area contributed by atoms with Gasteiger partial charge in [-0.1, -0.05) is 24.6 Å². The lowest BCUT2D eigenvalue weighted by Gasteiger charge is -2.00. The Bertz CT molecular complexity index is 534. The first-order chi connectivity index (χ1) is 8.77. The first-order valence-corrected chi connectivity index (χ1v) is 5.76. The standard InChI is InChI=1S/C13H14N2O3/c1-3-6-9-11(13(16)17-2)15-18-12(9)10-7-4-5-8-14-10/h4-5,7-8H,3,6H2,1-2H3.